The molecule has 0 spiro atoms. The van der Waals surface area contributed by atoms with Crippen LogP contribution in [0.15, 0.2) is 48.5 Å². The first-order chi connectivity index (χ1) is 13.0. The van der Waals surface area contributed by atoms with Gasteiger partial charge in [-0.25, -0.2) is 0 Å². The van der Waals surface area contributed by atoms with Crippen molar-refractivity contribution >= 4 is 11.9 Å². The van der Waals surface area contributed by atoms with Crippen molar-refractivity contribution in [3.63, 3.8) is 0 Å². The standard InChI is InChI=1S/C11H13NO2.C10H11NO2/c1-12-7-6-8-4-2-3-5-9(8)10(12)11(13)14;12-10(13)9-8-4-2-1-3-7(8)5-6-11-9/h2-5,10H,6-7H2,1H3,(H,13,14);1-4,9,11H,5-6H2,(H,12,13). The second kappa shape index (κ2) is 8.33. The van der Waals surface area contributed by atoms with Crippen LogP contribution in [0.4, 0.5) is 0 Å². The van der Waals surface area contributed by atoms with Gasteiger partial charge >= 0.3 is 11.9 Å². The van der Waals surface area contributed by atoms with Crippen LogP contribution in [0.1, 0.15) is 34.3 Å². The van der Waals surface area contributed by atoms with Crippen LogP contribution in [0.5, 0.6) is 0 Å². The van der Waals surface area contributed by atoms with Crippen LogP contribution < -0.4 is 5.32 Å². The van der Waals surface area contributed by atoms with E-state index in [4.69, 9.17) is 10.2 Å². The number of aliphatic carboxylic acids is 2. The fourth-order valence-electron chi connectivity index (χ4n) is 3.74. The molecule has 2 unspecified atom stereocenters. The maximum Gasteiger partial charge on any atom is 0.325 e. The molecule has 142 valence electrons. The Morgan fingerprint density at radius 2 is 1.52 bits per heavy atom. The first-order valence-electron chi connectivity index (χ1n) is 9.04. The summed E-state index contributed by atoms with van der Waals surface area (Å²) < 4.78 is 0. The molecular weight excluding hydrogens is 344 g/mol. The zero-order chi connectivity index (χ0) is 19.4. The van der Waals surface area contributed by atoms with Crippen LogP contribution in [0.25, 0.3) is 0 Å². The Bertz CT molecular complexity index is 836. The van der Waals surface area contributed by atoms with Gasteiger partial charge in [0.25, 0.3) is 0 Å². The molecule has 0 radical (unpaired) electrons. The predicted octanol–water partition coefficient (Wildman–Crippen LogP) is 2.26. The molecule has 0 fully saturated rings. The topological polar surface area (TPSA) is 89.9 Å². The van der Waals surface area contributed by atoms with Crippen molar-refractivity contribution in [3.8, 4) is 0 Å². The highest BCUT2D eigenvalue weighted by Gasteiger charge is 2.29. The molecule has 2 aromatic carbocycles. The first kappa shape index (κ1) is 19.1. The lowest BCUT2D eigenvalue weighted by molar-refractivity contribution is -0.143. The molecule has 0 amide bonds. The highest BCUT2D eigenvalue weighted by atomic mass is 16.4. The quantitative estimate of drug-likeness (QED) is 0.753. The summed E-state index contributed by atoms with van der Waals surface area (Å²) >= 11 is 0. The van der Waals surface area contributed by atoms with Crippen molar-refractivity contribution in [2.75, 3.05) is 20.1 Å². The minimum Gasteiger partial charge on any atom is -0.480 e. The molecule has 0 aliphatic carbocycles. The maximum absolute atomic E-state index is 11.1. The van der Waals surface area contributed by atoms with Gasteiger partial charge < -0.3 is 15.5 Å². The number of carbonyl (C=O) groups is 2. The van der Waals surface area contributed by atoms with Gasteiger partial charge in [-0.2, -0.15) is 0 Å². The van der Waals surface area contributed by atoms with Gasteiger partial charge in [0.1, 0.15) is 12.1 Å². The van der Waals surface area contributed by atoms with E-state index >= 15 is 0 Å². The van der Waals surface area contributed by atoms with E-state index in [1.165, 1.54) is 0 Å². The fourth-order valence-corrected chi connectivity index (χ4v) is 3.74. The Balaban J connectivity index is 0.000000156. The van der Waals surface area contributed by atoms with E-state index in [1.807, 2.05) is 60.5 Å². The van der Waals surface area contributed by atoms with Crippen LogP contribution in [0.2, 0.25) is 0 Å². The Hall–Kier alpha value is -2.70. The molecule has 3 N–H and O–H groups in total. The number of carboxylic acid groups (broad SMARTS) is 2. The highest BCUT2D eigenvalue weighted by molar-refractivity contribution is 5.77. The largest absolute Gasteiger partial charge is 0.480 e. The summed E-state index contributed by atoms with van der Waals surface area (Å²) in [5.74, 6) is -1.56. The van der Waals surface area contributed by atoms with Gasteiger partial charge in [-0.1, -0.05) is 48.5 Å². The third-order valence-electron chi connectivity index (χ3n) is 5.11. The SMILES string of the molecule is CN1CCc2ccccc2C1C(=O)O.O=C(O)C1NCCc2ccccc21. The molecule has 2 aliphatic rings. The number of hydrogen-bond donors (Lipinski definition) is 3. The van der Waals surface area contributed by atoms with Crippen LogP contribution in [0.3, 0.4) is 0 Å². The average molecular weight is 368 g/mol. The van der Waals surface area contributed by atoms with Gasteiger partial charge in [-0.05, 0) is 42.1 Å². The molecule has 0 saturated heterocycles. The Morgan fingerprint density at radius 1 is 0.926 bits per heavy atom. The summed E-state index contributed by atoms with van der Waals surface area (Å²) in [5, 5.41) is 21.0. The first-order valence-corrected chi connectivity index (χ1v) is 9.04. The van der Waals surface area contributed by atoms with E-state index in [-0.39, 0.29) is 0 Å². The Morgan fingerprint density at radius 3 is 2.15 bits per heavy atom. The molecule has 2 aliphatic heterocycles. The van der Waals surface area contributed by atoms with Gasteiger partial charge in [0.05, 0.1) is 0 Å². The van der Waals surface area contributed by atoms with Gasteiger partial charge in [-0.3, -0.25) is 14.5 Å². The van der Waals surface area contributed by atoms with E-state index in [9.17, 15) is 9.59 Å². The predicted molar refractivity (Wildman–Crippen MR) is 102 cm³/mol. The molecule has 0 aromatic heterocycles. The van der Waals surface area contributed by atoms with Crippen LogP contribution in [-0.4, -0.2) is 47.2 Å². The monoisotopic (exact) mass is 368 g/mol. The van der Waals surface area contributed by atoms with Crippen molar-refractivity contribution in [2.24, 2.45) is 0 Å². The molecule has 6 heteroatoms. The lowest BCUT2D eigenvalue weighted by Gasteiger charge is -2.31. The van der Waals surface area contributed by atoms with Crippen molar-refractivity contribution in [3.05, 3.63) is 70.8 Å². The van der Waals surface area contributed by atoms with Crippen LogP contribution in [0, 0.1) is 0 Å². The van der Waals surface area contributed by atoms with Gasteiger partial charge in [0.2, 0.25) is 0 Å². The number of nitrogens with zero attached hydrogens (tertiary/aromatic N) is 1. The third-order valence-corrected chi connectivity index (χ3v) is 5.11. The van der Waals surface area contributed by atoms with E-state index in [0.717, 1.165) is 48.2 Å². The zero-order valence-electron chi connectivity index (χ0n) is 15.3. The number of nitrogens with one attached hydrogen (secondary N) is 1. The molecule has 4 rings (SSSR count). The second-order valence-corrected chi connectivity index (χ2v) is 6.84. The van der Waals surface area contributed by atoms with Crippen molar-refractivity contribution in [2.45, 2.75) is 24.9 Å². The summed E-state index contributed by atoms with van der Waals surface area (Å²) in [4.78, 5) is 23.8. The number of benzene rings is 2. The lowest BCUT2D eigenvalue weighted by atomic mass is 9.93. The fraction of sp³-hybridized carbons (Fsp3) is 0.333. The summed E-state index contributed by atoms with van der Waals surface area (Å²) in [7, 11) is 1.86. The molecule has 6 nitrogen and oxygen atoms in total. The van der Waals surface area contributed by atoms with Crippen LogP contribution in [-0.2, 0) is 22.4 Å². The van der Waals surface area contributed by atoms with E-state index in [1.54, 1.807) is 0 Å². The minimum absolute atomic E-state index is 0.472. The lowest BCUT2D eigenvalue weighted by Crippen LogP contribution is -2.36. The zero-order valence-corrected chi connectivity index (χ0v) is 15.3. The van der Waals surface area contributed by atoms with Gasteiger partial charge in [0.15, 0.2) is 0 Å². The molecule has 2 atom stereocenters. The Kier molecular flexibility index (Phi) is 5.88. The van der Waals surface area contributed by atoms with Crippen LogP contribution >= 0.6 is 0 Å². The number of fused-ring (bicyclic) bond motifs is 2. The van der Waals surface area contributed by atoms with Gasteiger partial charge in [0, 0.05) is 13.1 Å². The molecule has 2 aromatic rings. The van der Waals surface area contributed by atoms with E-state index < -0.39 is 24.0 Å². The normalized spacial score (nSPS) is 21.2. The van der Waals surface area contributed by atoms with Crippen molar-refractivity contribution in [1.82, 2.24) is 10.2 Å². The molecule has 2 heterocycles. The van der Waals surface area contributed by atoms with E-state index in [0.29, 0.717) is 0 Å². The summed E-state index contributed by atoms with van der Waals surface area (Å²) in [5.41, 5.74) is 4.15. The summed E-state index contributed by atoms with van der Waals surface area (Å²) in [6.07, 6.45) is 1.86. The number of hydrogen-bond acceptors (Lipinski definition) is 4. The van der Waals surface area contributed by atoms with Crippen molar-refractivity contribution < 1.29 is 19.8 Å². The minimum atomic E-state index is -0.799. The average Bonchev–Trinajstić information content (AvgIpc) is 2.67. The molecule has 0 bridgehead atoms. The number of likely N-dealkylation sites (N-methyl/N-ethyl adjacent to an activating group) is 1. The summed E-state index contributed by atoms with van der Waals surface area (Å²) in [6.45, 7) is 1.56. The smallest absolute Gasteiger partial charge is 0.325 e. The molecular formula is C21H24N2O4. The van der Waals surface area contributed by atoms with Gasteiger partial charge in [-0.15, -0.1) is 0 Å². The highest BCUT2D eigenvalue weighted by Crippen LogP contribution is 2.28. The Labute approximate surface area is 158 Å². The molecule has 27 heavy (non-hydrogen) atoms. The summed E-state index contributed by atoms with van der Waals surface area (Å²) in [6, 6.07) is 14.5. The van der Waals surface area contributed by atoms with E-state index in [2.05, 4.69) is 5.32 Å². The third kappa shape index (κ3) is 4.18. The number of rotatable bonds is 2. The number of carboxylic acids is 2. The second-order valence-electron chi connectivity index (χ2n) is 6.84. The van der Waals surface area contributed by atoms with Crippen molar-refractivity contribution in [1.29, 1.82) is 0 Å². The maximum atomic E-state index is 11.1. The molecule has 0 saturated carbocycles.